The Labute approximate surface area is 248 Å². The molecule has 0 saturated carbocycles. The van der Waals surface area contributed by atoms with Gasteiger partial charge in [0.25, 0.3) is 5.56 Å². The van der Waals surface area contributed by atoms with Crippen LogP contribution in [-0.4, -0.2) is 88.5 Å². The molecule has 10 atom stereocenters. The molecule has 0 aromatic carbocycles. The molecule has 230 valence electrons. The lowest BCUT2D eigenvalue weighted by molar-refractivity contribution is -0.0455. The number of H-pyrrole nitrogens is 1. The third kappa shape index (κ3) is 5.13. The third-order valence-corrected chi connectivity index (χ3v) is 10.9. The Balaban J connectivity index is 1.16. The summed E-state index contributed by atoms with van der Waals surface area (Å²) in [7, 11) is 0.247. The molecule has 2 unspecified atom stereocenters. The number of alkyl halides is 2. The number of imidazole rings is 1. The van der Waals surface area contributed by atoms with Crippen LogP contribution in [0.3, 0.4) is 0 Å². The Bertz CT molecular complexity index is 1790. The molecule has 3 aliphatic rings. The number of aromatic amines is 1. The molecule has 0 spiro atoms. The number of halogens is 2. The van der Waals surface area contributed by atoms with Crippen molar-refractivity contribution in [2.45, 2.75) is 49.5 Å². The number of ether oxygens (including phenoxy) is 2. The van der Waals surface area contributed by atoms with Gasteiger partial charge < -0.3 is 34.9 Å². The lowest BCUT2D eigenvalue weighted by Gasteiger charge is -2.27. The van der Waals surface area contributed by atoms with Crippen molar-refractivity contribution >= 4 is 61.1 Å². The van der Waals surface area contributed by atoms with Crippen LogP contribution < -0.4 is 17.0 Å². The molecule has 0 radical (unpaired) electrons. The molecule has 4 aromatic heterocycles. The molecular formula is C23H27F2N9O6P2S. The predicted octanol–water partition coefficient (Wildman–Crippen LogP) is 1.52. The zero-order chi connectivity index (χ0) is 30.0. The van der Waals surface area contributed by atoms with Crippen molar-refractivity contribution in [2.24, 2.45) is 5.92 Å². The molecule has 7 rings (SSSR count). The van der Waals surface area contributed by atoms with Crippen LogP contribution in [0.5, 0.6) is 0 Å². The van der Waals surface area contributed by atoms with E-state index in [9.17, 15) is 9.69 Å². The van der Waals surface area contributed by atoms with Gasteiger partial charge in [0, 0.05) is 12.1 Å². The molecule has 7 heterocycles. The molecule has 6 N–H and O–H groups in total. The lowest BCUT2D eigenvalue weighted by Crippen LogP contribution is -2.31. The van der Waals surface area contributed by atoms with E-state index in [2.05, 4.69) is 24.9 Å². The standard InChI is InChI=1S/C23H27F2N9O6P2S/c24-13-10-6-41-4-2-11-14(25)16(22(38-11)34-8-30-15-19(34)31-23(27)32-20(15)35)40-42(36,43)37-5-12(10)39-21(13)33-3-1-9-17(26)28-7-29-18(9)33/h1,3,7-8,10-14,16,21-22,41H,2,4-6H2,(H,36,43)(H2,26,28,29)(H3,27,31,32,35)/t10-,11-,12-,13+,14-,16-,21-,22-,42?/m1/s1. The third-order valence-electron chi connectivity index (χ3n) is 7.92. The van der Waals surface area contributed by atoms with Crippen molar-refractivity contribution in [3.8, 4) is 0 Å². The summed E-state index contributed by atoms with van der Waals surface area (Å²) in [6, 6.07) is 1.69. The Morgan fingerprint density at radius 3 is 2.77 bits per heavy atom. The Morgan fingerprint density at radius 1 is 1.12 bits per heavy atom. The smallest absolute Gasteiger partial charge is 0.325 e. The van der Waals surface area contributed by atoms with Gasteiger partial charge in [0.15, 0.2) is 36.0 Å². The molecule has 0 aliphatic carbocycles. The summed E-state index contributed by atoms with van der Waals surface area (Å²) >= 11 is 5.27. The molecule has 3 aliphatic heterocycles. The molecule has 43 heavy (non-hydrogen) atoms. The zero-order valence-electron chi connectivity index (χ0n) is 22.2. The maximum absolute atomic E-state index is 16.0. The van der Waals surface area contributed by atoms with Gasteiger partial charge in [0.05, 0.1) is 30.5 Å². The molecule has 3 fully saturated rings. The second-order valence-corrected chi connectivity index (χ2v) is 14.7. The van der Waals surface area contributed by atoms with Crippen molar-refractivity contribution in [1.82, 2.24) is 34.1 Å². The van der Waals surface area contributed by atoms with E-state index in [1.807, 2.05) is 0 Å². The molecule has 0 amide bonds. The molecule has 3 saturated heterocycles. The highest BCUT2D eigenvalue weighted by molar-refractivity contribution is 8.07. The number of hydrogen-bond acceptors (Lipinski definition) is 12. The van der Waals surface area contributed by atoms with Crippen molar-refractivity contribution in [1.29, 1.82) is 0 Å². The van der Waals surface area contributed by atoms with Crippen LogP contribution in [0.25, 0.3) is 22.2 Å². The summed E-state index contributed by atoms with van der Waals surface area (Å²) in [4.78, 5) is 42.1. The van der Waals surface area contributed by atoms with Crippen LogP contribution in [0, 0.1) is 5.92 Å². The second kappa shape index (κ2) is 11.0. The monoisotopic (exact) mass is 657 g/mol. The van der Waals surface area contributed by atoms with Crippen LogP contribution in [0.15, 0.2) is 29.7 Å². The summed E-state index contributed by atoms with van der Waals surface area (Å²) in [6.07, 6.45) is -3.10. The van der Waals surface area contributed by atoms with Crippen molar-refractivity contribution in [3.05, 3.63) is 35.3 Å². The summed E-state index contributed by atoms with van der Waals surface area (Å²) < 4.78 is 58.3. The maximum Gasteiger partial charge on any atom is 0.325 e. The van der Waals surface area contributed by atoms with E-state index in [4.69, 9.17) is 41.8 Å². The molecule has 15 nitrogen and oxygen atoms in total. The van der Waals surface area contributed by atoms with Gasteiger partial charge in [-0.15, -0.1) is 8.58 Å². The van der Waals surface area contributed by atoms with E-state index in [0.29, 0.717) is 23.4 Å². The van der Waals surface area contributed by atoms with Gasteiger partial charge in [0.1, 0.15) is 23.9 Å². The van der Waals surface area contributed by atoms with Gasteiger partial charge in [-0.2, -0.15) is 4.98 Å². The highest BCUT2D eigenvalue weighted by Gasteiger charge is 2.51. The van der Waals surface area contributed by atoms with E-state index in [0.717, 1.165) is 0 Å². The number of aromatic nitrogens is 7. The fourth-order valence-corrected chi connectivity index (χ4v) is 8.77. The predicted molar refractivity (Wildman–Crippen MR) is 156 cm³/mol. The number of nitrogens with two attached hydrogens (primary N) is 2. The van der Waals surface area contributed by atoms with Crippen LogP contribution in [-0.2, 0) is 30.3 Å². The lowest BCUT2D eigenvalue weighted by atomic mass is 10.0. The van der Waals surface area contributed by atoms with Gasteiger partial charge in [-0.1, -0.05) is 0 Å². The number of nitrogens with one attached hydrogen (secondary N) is 1. The number of nitrogen functional groups attached to an aromatic ring is 2. The number of hydrogen-bond donors (Lipinski definition) is 4. The number of fused-ring (bicyclic) bond motifs is 5. The Hall–Kier alpha value is -2.69. The van der Waals surface area contributed by atoms with E-state index < -0.39 is 61.3 Å². The van der Waals surface area contributed by atoms with Gasteiger partial charge in [-0.3, -0.25) is 18.9 Å². The summed E-state index contributed by atoms with van der Waals surface area (Å²) in [6.45, 7) is -4.42. The summed E-state index contributed by atoms with van der Waals surface area (Å²) in [5, 5.41) is 0.566. The number of anilines is 2. The number of nitrogens with zero attached hydrogens (tertiary/aromatic N) is 6. The average molecular weight is 658 g/mol. The highest BCUT2D eigenvalue weighted by Crippen LogP contribution is 2.52. The molecule has 20 heteroatoms. The largest absolute Gasteiger partial charge is 0.383 e. The first-order chi connectivity index (χ1) is 20.6. The minimum atomic E-state index is -4.13. The van der Waals surface area contributed by atoms with Gasteiger partial charge in [-0.25, -0.2) is 23.7 Å². The fourth-order valence-electron chi connectivity index (χ4n) is 5.85. The molecule has 2 bridgehead atoms. The fraction of sp³-hybridized carbons (Fsp3) is 0.522. The van der Waals surface area contributed by atoms with E-state index in [1.54, 1.807) is 16.8 Å². The van der Waals surface area contributed by atoms with E-state index >= 15 is 8.78 Å². The zero-order valence-corrected chi connectivity index (χ0v) is 24.9. The quantitative estimate of drug-likeness (QED) is 0.226. The van der Waals surface area contributed by atoms with Crippen LogP contribution >= 0.6 is 15.3 Å². The number of rotatable bonds is 2. The summed E-state index contributed by atoms with van der Waals surface area (Å²) in [5.41, 5.74) is 11.5. The minimum Gasteiger partial charge on any atom is -0.383 e. The van der Waals surface area contributed by atoms with Gasteiger partial charge in [0.2, 0.25) is 5.95 Å². The Kier molecular flexibility index (Phi) is 7.45. The van der Waals surface area contributed by atoms with Crippen LogP contribution in [0.4, 0.5) is 20.5 Å². The second-order valence-electron chi connectivity index (χ2n) is 10.5. The van der Waals surface area contributed by atoms with E-state index in [-0.39, 0.29) is 44.5 Å². The minimum absolute atomic E-state index is 0.0321. The first-order valence-corrected chi connectivity index (χ1v) is 17.4. The van der Waals surface area contributed by atoms with E-state index in [1.165, 1.54) is 17.2 Å². The topological polar surface area (TPSA) is 203 Å². The first kappa shape index (κ1) is 29.0. The van der Waals surface area contributed by atoms with Crippen LogP contribution in [0.2, 0.25) is 0 Å². The SMILES string of the molecule is Nc1nc2c(ncn2[C@@H]2O[C@@H]3CCPC[C@H]4[C@H](F)[C@H](n5ccc6c(N)ncnc65)O[C@@H]4COP(O)(=S)O[C@@H]2[C@@H]3F)c(=O)[nH]1. The first-order valence-electron chi connectivity index (χ1n) is 13.4. The molecular weight excluding hydrogens is 630 g/mol. The van der Waals surface area contributed by atoms with Crippen molar-refractivity contribution in [2.75, 3.05) is 30.4 Å². The van der Waals surface area contributed by atoms with Crippen molar-refractivity contribution in [3.63, 3.8) is 0 Å². The van der Waals surface area contributed by atoms with Crippen molar-refractivity contribution < 1.29 is 32.2 Å². The maximum atomic E-state index is 16.0. The van der Waals surface area contributed by atoms with Crippen LogP contribution in [0.1, 0.15) is 18.9 Å². The normalized spacial score (nSPS) is 36.0. The van der Waals surface area contributed by atoms with Gasteiger partial charge in [-0.05, 0) is 36.6 Å². The Morgan fingerprint density at radius 2 is 1.93 bits per heavy atom. The highest BCUT2D eigenvalue weighted by atomic mass is 32.5. The summed E-state index contributed by atoms with van der Waals surface area (Å²) in [5.74, 6) is -0.505. The van der Waals surface area contributed by atoms with Gasteiger partial charge >= 0.3 is 6.72 Å². The molecule has 4 aromatic rings. The average Bonchev–Trinajstić information content (AvgIpc) is 3.71.